The SMILES string of the molecule is CCCCC(CC)COC(=O)CCC(N)c1ccccc1. The van der Waals surface area contributed by atoms with Crippen LogP contribution in [0.15, 0.2) is 30.3 Å². The van der Waals surface area contributed by atoms with Crippen LogP contribution in [0.4, 0.5) is 0 Å². The fourth-order valence-electron chi connectivity index (χ4n) is 2.32. The molecular weight excluding hydrogens is 262 g/mol. The fourth-order valence-corrected chi connectivity index (χ4v) is 2.32. The Morgan fingerprint density at radius 1 is 1.19 bits per heavy atom. The van der Waals surface area contributed by atoms with Crippen molar-refractivity contribution < 1.29 is 9.53 Å². The Bertz CT molecular complexity index is 391. The maximum atomic E-state index is 11.8. The van der Waals surface area contributed by atoms with Crippen molar-refractivity contribution in [3.8, 4) is 0 Å². The lowest BCUT2D eigenvalue weighted by Crippen LogP contribution is -2.16. The van der Waals surface area contributed by atoms with Crippen molar-refractivity contribution in [1.82, 2.24) is 0 Å². The van der Waals surface area contributed by atoms with Crippen LogP contribution in [0, 0.1) is 5.92 Å². The van der Waals surface area contributed by atoms with E-state index in [1.807, 2.05) is 30.3 Å². The van der Waals surface area contributed by atoms with Crippen LogP contribution in [-0.2, 0) is 9.53 Å². The highest BCUT2D eigenvalue weighted by Gasteiger charge is 2.12. The predicted octanol–water partition coefficient (Wildman–Crippen LogP) is 4.23. The monoisotopic (exact) mass is 291 g/mol. The lowest BCUT2D eigenvalue weighted by Gasteiger charge is -2.15. The van der Waals surface area contributed by atoms with E-state index in [9.17, 15) is 4.79 Å². The molecule has 0 radical (unpaired) electrons. The molecule has 2 atom stereocenters. The molecule has 2 unspecified atom stereocenters. The number of ether oxygens (including phenoxy) is 1. The Balaban J connectivity index is 2.24. The first-order valence-corrected chi connectivity index (χ1v) is 8.13. The minimum Gasteiger partial charge on any atom is -0.465 e. The number of unbranched alkanes of at least 4 members (excludes halogenated alkanes) is 1. The summed E-state index contributed by atoms with van der Waals surface area (Å²) in [6.45, 7) is 4.89. The normalized spacial score (nSPS) is 13.7. The first kappa shape index (κ1) is 17.7. The summed E-state index contributed by atoms with van der Waals surface area (Å²) in [6.07, 6.45) is 5.63. The van der Waals surface area contributed by atoms with Gasteiger partial charge in [-0.3, -0.25) is 4.79 Å². The molecule has 0 aliphatic carbocycles. The Morgan fingerprint density at radius 3 is 2.52 bits per heavy atom. The molecule has 1 aromatic rings. The second-order valence-corrected chi connectivity index (χ2v) is 5.66. The van der Waals surface area contributed by atoms with Crippen LogP contribution in [0.1, 0.15) is 64.0 Å². The molecule has 0 bridgehead atoms. The molecule has 0 spiro atoms. The zero-order chi connectivity index (χ0) is 15.5. The van der Waals surface area contributed by atoms with Gasteiger partial charge < -0.3 is 10.5 Å². The Morgan fingerprint density at radius 2 is 1.90 bits per heavy atom. The standard InChI is InChI=1S/C18H29NO2/c1-3-5-9-15(4-2)14-21-18(20)13-12-17(19)16-10-7-6-8-11-16/h6-8,10-11,15,17H,3-5,9,12-14,19H2,1-2H3. The summed E-state index contributed by atoms with van der Waals surface area (Å²) in [5.41, 5.74) is 7.15. The van der Waals surface area contributed by atoms with Gasteiger partial charge in [0, 0.05) is 12.5 Å². The topological polar surface area (TPSA) is 52.3 Å². The Kier molecular flexibility index (Phi) is 8.76. The number of nitrogens with two attached hydrogens (primary N) is 1. The van der Waals surface area contributed by atoms with Gasteiger partial charge in [-0.1, -0.05) is 63.4 Å². The first-order valence-electron chi connectivity index (χ1n) is 8.13. The highest BCUT2D eigenvalue weighted by molar-refractivity contribution is 5.69. The van der Waals surface area contributed by atoms with Crippen LogP contribution in [0.3, 0.4) is 0 Å². The second-order valence-electron chi connectivity index (χ2n) is 5.66. The summed E-state index contributed by atoms with van der Waals surface area (Å²) in [4.78, 5) is 11.8. The van der Waals surface area contributed by atoms with E-state index in [0.29, 0.717) is 25.4 Å². The molecule has 0 saturated heterocycles. The zero-order valence-electron chi connectivity index (χ0n) is 13.4. The van der Waals surface area contributed by atoms with Crippen molar-refractivity contribution in [1.29, 1.82) is 0 Å². The van der Waals surface area contributed by atoms with Crippen molar-refractivity contribution in [3.63, 3.8) is 0 Å². The third-order valence-corrected chi connectivity index (χ3v) is 3.91. The highest BCUT2D eigenvalue weighted by atomic mass is 16.5. The summed E-state index contributed by atoms with van der Waals surface area (Å²) in [5, 5.41) is 0. The van der Waals surface area contributed by atoms with E-state index in [1.165, 1.54) is 12.8 Å². The number of rotatable bonds is 10. The van der Waals surface area contributed by atoms with Gasteiger partial charge >= 0.3 is 5.97 Å². The maximum absolute atomic E-state index is 11.8. The van der Waals surface area contributed by atoms with Gasteiger partial charge in [-0.15, -0.1) is 0 Å². The number of carbonyl (C=O) groups excluding carboxylic acids is 1. The molecular formula is C18H29NO2. The molecule has 0 saturated carbocycles. The molecule has 3 nitrogen and oxygen atoms in total. The van der Waals surface area contributed by atoms with Gasteiger partial charge in [0.1, 0.15) is 0 Å². The Labute approximate surface area is 128 Å². The average Bonchev–Trinajstić information content (AvgIpc) is 2.53. The number of carbonyl (C=O) groups is 1. The fraction of sp³-hybridized carbons (Fsp3) is 0.611. The smallest absolute Gasteiger partial charge is 0.305 e. The molecule has 118 valence electrons. The first-order chi connectivity index (χ1) is 10.2. The van der Waals surface area contributed by atoms with Gasteiger partial charge in [0.05, 0.1) is 6.61 Å². The van der Waals surface area contributed by atoms with Crippen LogP contribution < -0.4 is 5.73 Å². The molecule has 0 heterocycles. The lowest BCUT2D eigenvalue weighted by molar-refractivity contribution is -0.145. The number of esters is 1. The zero-order valence-corrected chi connectivity index (χ0v) is 13.4. The summed E-state index contributed by atoms with van der Waals surface area (Å²) >= 11 is 0. The van der Waals surface area contributed by atoms with Gasteiger partial charge in [-0.2, -0.15) is 0 Å². The van der Waals surface area contributed by atoms with E-state index in [4.69, 9.17) is 10.5 Å². The molecule has 1 rings (SSSR count). The molecule has 0 amide bonds. The third-order valence-electron chi connectivity index (χ3n) is 3.91. The minimum absolute atomic E-state index is 0.0965. The summed E-state index contributed by atoms with van der Waals surface area (Å²) < 4.78 is 5.38. The van der Waals surface area contributed by atoms with Crippen molar-refractivity contribution in [2.75, 3.05) is 6.61 Å². The van der Waals surface area contributed by atoms with Crippen molar-refractivity contribution in [3.05, 3.63) is 35.9 Å². The van der Waals surface area contributed by atoms with Crippen molar-refractivity contribution in [2.24, 2.45) is 11.7 Å². The van der Waals surface area contributed by atoms with Gasteiger partial charge in [0.2, 0.25) is 0 Å². The molecule has 0 aliphatic rings. The van der Waals surface area contributed by atoms with Crippen LogP contribution in [0.5, 0.6) is 0 Å². The maximum Gasteiger partial charge on any atom is 0.305 e. The number of benzene rings is 1. The van der Waals surface area contributed by atoms with E-state index in [-0.39, 0.29) is 12.0 Å². The van der Waals surface area contributed by atoms with Crippen LogP contribution in [-0.4, -0.2) is 12.6 Å². The van der Waals surface area contributed by atoms with E-state index in [0.717, 1.165) is 18.4 Å². The van der Waals surface area contributed by atoms with Crippen LogP contribution in [0.2, 0.25) is 0 Å². The van der Waals surface area contributed by atoms with Gasteiger partial charge in [-0.25, -0.2) is 0 Å². The van der Waals surface area contributed by atoms with Crippen LogP contribution >= 0.6 is 0 Å². The Hall–Kier alpha value is -1.35. The molecule has 0 aromatic heterocycles. The molecule has 3 heteroatoms. The summed E-state index contributed by atoms with van der Waals surface area (Å²) in [6, 6.07) is 9.79. The second kappa shape index (κ2) is 10.4. The van der Waals surface area contributed by atoms with E-state index in [1.54, 1.807) is 0 Å². The number of hydrogen-bond acceptors (Lipinski definition) is 3. The number of hydrogen-bond donors (Lipinski definition) is 1. The molecule has 1 aromatic carbocycles. The van der Waals surface area contributed by atoms with E-state index >= 15 is 0 Å². The van der Waals surface area contributed by atoms with E-state index in [2.05, 4.69) is 13.8 Å². The molecule has 21 heavy (non-hydrogen) atoms. The van der Waals surface area contributed by atoms with Crippen molar-refractivity contribution >= 4 is 5.97 Å². The third kappa shape index (κ3) is 7.28. The largest absolute Gasteiger partial charge is 0.465 e. The quantitative estimate of drug-likeness (QED) is 0.656. The van der Waals surface area contributed by atoms with Gasteiger partial charge in [0.25, 0.3) is 0 Å². The predicted molar refractivity (Wildman–Crippen MR) is 86.9 cm³/mol. The van der Waals surface area contributed by atoms with Gasteiger partial charge in [-0.05, 0) is 24.3 Å². The summed E-state index contributed by atoms with van der Waals surface area (Å²) in [5.74, 6) is 0.369. The average molecular weight is 291 g/mol. The minimum atomic E-state index is -0.128. The van der Waals surface area contributed by atoms with Crippen molar-refractivity contribution in [2.45, 2.75) is 58.4 Å². The summed E-state index contributed by atoms with van der Waals surface area (Å²) in [7, 11) is 0. The highest BCUT2D eigenvalue weighted by Crippen LogP contribution is 2.17. The lowest BCUT2D eigenvalue weighted by atomic mass is 10.0. The van der Waals surface area contributed by atoms with Gasteiger partial charge in [0.15, 0.2) is 0 Å². The molecule has 2 N–H and O–H groups in total. The van der Waals surface area contributed by atoms with E-state index < -0.39 is 0 Å². The molecule has 0 aliphatic heterocycles. The molecule has 0 fully saturated rings. The van der Waals surface area contributed by atoms with Crippen LogP contribution in [0.25, 0.3) is 0 Å².